The molecule has 1 aromatic heterocycles. The van der Waals surface area contributed by atoms with Gasteiger partial charge in [0.25, 0.3) is 11.8 Å². The molecule has 2 amide bonds. The molecule has 2 N–H and O–H groups in total. The first-order valence-corrected chi connectivity index (χ1v) is 9.22. The molecule has 0 aliphatic carbocycles. The average molecular weight is 415 g/mol. The molecule has 0 atom stereocenters. The molecule has 4 nitrogen and oxygen atoms in total. The van der Waals surface area contributed by atoms with Crippen molar-refractivity contribution in [3.8, 4) is 0 Å². The first kappa shape index (κ1) is 17.4. The van der Waals surface area contributed by atoms with Crippen molar-refractivity contribution in [2.24, 2.45) is 0 Å². The minimum absolute atomic E-state index is 0.184. The van der Waals surface area contributed by atoms with Gasteiger partial charge in [-0.25, -0.2) is 0 Å². The molecule has 0 bridgehead atoms. The number of carbonyl (C=O) groups excluding carboxylic acids is 2. The Morgan fingerprint density at radius 3 is 2.52 bits per heavy atom. The molecule has 1 heterocycles. The summed E-state index contributed by atoms with van der Waals surface area (Å²) in [6, 6.07) is 16.1. The van der Waals surface area contributed by atoms with Crippen LogP contribution >= 0.6 is 27.3 Å². The summed E-state index contributed by atoms with van der Waals surface area (Å²) in [5.74, 6) is -0.408. The van der Waals surface area contributed by atoms with E-state index < -0.39 is 0 Å². The van der Waals surface area contributed by atoms with Crippen LogP contribution in [-0.2, 0) is 0 Å². The minimum atomic E-state index is -0.224. The zero-order chi connectivity index (χ0) is 17.8. The highest BCUT2D eigenvalue weighted by Gasteiger charge is 2.11. The fraction of sp³-hybridized carbons (Fsp3) is 0.0526. The molecule has 0 aliphatic rings. The Morgan fingerprint density at radius 1 is 0.960 bits per heavy atom. The van der Waals surface area contributed by atoms with E-state index in [1.54, 1.807) is 30.3 Å². The molecule has 0 aliphatic heterocycles. The van der Waals surface area contributed by atoms with Crippen molar-refractivity contribution in [3.63, 3.8) is 0 Å². The van der Waals surface area contributed by atoms with E-state index in [4.69, 9.17) is 0 Å². The minimum Gasteiger partial charge on any atom is -0.322 e. The summed E-state index contributed by atoms with van der Waals surface area (Å²) in [5, 5.41) is 7.55. The lowest BCUT2D eigenvalue weighted by Crippen LogP contribution is -2.14. The third kappa shape index (κ3) is 4.35. The van der Waals surface area contributed by atoms with Gasteiger partial charge in [0.1, 0.15) is 0 Å². The maximum atomic E-state index is 12.5. The molecule has 3 rings (SSSR count). The Bertz CT molecular complexity index is 923. The number of thiophene rings is 1. The van der Waals surface area contributed by atoms with Crippen molar-refractivity contribution in [2.75, 3.05) is 10.6 Å². The number of halogens is 1. The molecule has 126 valence electrons. The average Bonchev–Trinajstić information content (AvgIpc) is 3.12. The lowest BCUT2D eigenvalue weighted by Gasteiger charge is -2.10. The van der Waals surface area contributed by atoms with Crippen molar-refractivity contribution in [1.82, 2.24) is 0 Å². The molecule has 0 radical (unpaired) electrons. The van der Waals surface area contributed by atoms with Crippen LogP contribution in [0.4, 0.5) is 11.4 Å². The summed E-state index contributed by atoms with van der Waals surface area (Å²) in [7, 11) is 0. The zero-order valence-corrected chi connectivity index (χ0v) is 15.8. The van der Waals surface area contributed by atoms with Crippen LogP contribution in [0.3, 0.4) is 0 Å². The molecule has 25 heavy (non-hydrogen) atoms. The van der Waals surface area contributed by atoms with Crippen molar-refractivity contribution in [1.29, 1.82) is 0 Å². The maximum Gasteiger partial charge on any atom is 0.265 e. The molecule has 0 saturated heterocycles. The smallest absolute Gasteiger partial charge is 0.265 e. The number of nitrogens with one attached hydrogen (secondary N) is 2. The van der Waals surface area contributed by atoms with Gasteiger partial charge < -0.3 is 10.6 Å². The van der Waals surface area contributed by atoms with E-state index in [1.165, 1.54) is 11.3 Å². The summed E-state index contributed by atoms with van der Waals surface area (Å²) in [4.78, 5) is 25.2. The number of anilines is 2. The Labute approximate surface area is 158 Å². The van der Waals surface area contributed by atoms with E-state index >= 15 is 0 Å². The van der Waals surface area contributed by atoms with Gasteiger partial charge in [-0.05, 0) is 60.3 Å². The molecular formula is C19H15BrN2O2S. The van der Waals surface area contributed by atoms with Crippen molar-refractivity contribution >= 4 is 50.5 Å². The Morgan fingerprint density at radius 2 is 1.80 bits per heavy atom. The first-order chi connectivity index (χ1) is 12.0. The second-order valence-corrected chi connectivity index (χ2v) is 7.29. The highest BCUT2D eigenvalue weighted by Crippen LogP contribution is 2.21. The molecule has 2 aromatic carbocycles. The molecule has 0 unspecified atom stereocenters. The van der Waals surface area contributed by atoms with Gasteiger partial charge in [0.15, 0.2) is 0 Å². The number of aryl methyl sites for hydroxylation is 1. The summed E-state index contributed by atoms with van der Waals surface area (Å²) < 4.78 is 0.960. The standard InChI is InChI=1S/C19H15BrN2O2S/c1-12-10-14(20)7-8-16(12)22-18(23)13-4-2-5-15(11-13)21-19(24)17-6-3-9-25-17/h2-11H,1H3,(H,21,24)(H,22,23). The SMILES string of the molecule is Cc1cc(Br)ccc1NC(=O)c1cccc(NC(=O)c2cccs2)c1. The fourth-order valence-corrected chi connectivity index (χ4v) is 3.39. The first-order valence-electron chi connectivity index (χ1n) is 7.55. The van der Waals surface area contributed by atoms with Crippen LogP contribution in [0.1, 0.15) is 25.6 Å². The van der Waals surface area contributed by atoms with E-state index in [1.807, 2.05) is 36.6 Å². The van der Waals surface area contributed by atoms with Gasteiger partial charge in [0.2, 0.25) is 0 Å². The third-order valence-corrected chi connectivity index (χ3v) is 4.93. The Kier molecular flexibility index (Phi) is 5.31. The summed E-state index contributed by atoms with van der Waals surface area (Å²) in [6.45, 7) is 1.93. The van der Waals surface area contributed by atoms with E-state index in [0.717, 1.165) is 15.7 Å². The zero-order valence-electron chi connectivity index (χ0n) is 13.4. The van der Waals surface area contributed by atoms with E-state index in [0.29, 0.717) is 16.1 Å². The lowest BCUT2D eigenvalue weighted by molar-refractivity contribution is 0.101. The molecule has 0 spiro atoms. The molecule has 3 aromatic rings. The van der Waals surface area contributed by atoms with Crippen LogP contribution in [0.5, 0.6) is 0 Å². The maximum absolute atomic E-state index is 12.5. The van der Waals surface area contributed by atoms with Crippen LogP contribution in [0, 0.1) is 6.92 Å². The quantitative estimate of drug-likeness (QED) is 0.606. The van der Waals surface area contributed by atoms with Crippen LogP contribution < -0.4 is 10.6 Å². The number of amides is 2. The second kappa shape index (κ2) is 7.63. The van der Waals surface area contributed by atoms with Gasteiger partial charge in [0, 0.05) is 21.4 Å². The number of carbonyl (C=O) groups is 2. The highest BCUT2D eigenvalue weighted by atomic mass is 79.9. The van der Waals surface area contributed by atoms with Gasteiger partial charge in [-0.1, -0.05) is 28.1 Å². The summed E-state index contributed by atoms with van der Waals surface area (Å²) in [6.07, 6.45) is 0. The molecule has 0 saturated carbocycles. The second-order valence-electron chi connectivity index (χ2n) is 5.43. The van der Waals surface area contributed by atoms with Gasteiger partial charge in [-0.3, -0.25) is 9.59 Å². The van der Waals surface area contributed by atoms with E-state index in [9.17, 15) is 9.59 Å². The predicted octanol–water partition coefficient (Wildman–Crippen LogP) is 5.32. The normalized spacial score (nSPS) is 10.3. The monoisotopic (exact) mass is 414 g/mol. The van der Waals surface area contributed by atoms with Crippen LogP contribution in [0.15, 0.2) is 64.5 Å². The van der Waals surface area contributed by atoms with Gasteiger partial charge in [0.05, 0.1) is 4.88 Å². The lowest BCUT2D eigenvalue weighted by atomic mass is 10.1. The topological polar surface area (TPSA) is 58.2 Å². The van der Waals surface area contributed by atoms with Gasteiger partial charge >= 0.3 is 0 Å². The molecule has 6 heteroatoms. The Balaban J connectivity index is 1.74. The molecular weight excluding hydrogens is 400 g/mol. The molecule has 0 fully saturated rings. The van der Waals surface area contributed by atoms with Crippen molar-refractivity contribution in [2.45, 2.75) is 6.92 Å². The van der Waals surface area contributed by atoms with Crippen LogP contribution in [0.2, 0.25) is 0 Å². The predicted molar refractivity (Wildman–Crippen MR) is 106 cm³/mol. The van der Waals surface area contributed by atoms with Crippen LogP contribution in [0.25, 0.3) is 0 Å². The number of rotatable bonds is 4. The number of hydrogen-bond donors (Lipinski definition) is 2. The van der Waals surface area contributed by atoms with Gasteiger partial charge in [-0.2, -0.15) is 0 Å². The number of benzene rings is 2. The third-order valence-electron chi connectivity index (χ3n) is 3.56. The highest BCUT2D eigenvalue weighted by molar-refractivity contribution is 9.10. The van der Waals surface area contributed by atoms with E-state index in [2.05, 4.69) is 26.6 Å². The van der Waals surface area contributed by atoms with E-state index in [-0.39, 0.29) is 11.8 Å². The van der Waals surface area contributed by atoms with Crippen molar-refractivity contribution < 1.29 is 9.59 Å². The fourth-order valence-electron chi connectivity index (χ4n) is 2.30. The van der Waals surface area contributed by atoms with Gasteiger partial charge in [-0.15, -0.1) is 11.3 Å². The number of hydrogen-bond acceptors (Lipinski definition) is 3. The summed E-state index contributed by atoms with van der Waals surface area (Å²) in [5.41, 5.74) is 2.77. The van der Waals surface area contributed by atoms with Crippen molar-refractivity contribution in [3.05, 3.63) is 80.5 Å². The largest absolute Gasteiger partial charge is 0.322 e. The Hall–Kier alpha value is -2.44. The van der Waals surface area contributed by atoms with Crippen LogP contribution in [-0.4, -0.2) is 11.8 Å². The summed E-state index contributed by atoms with van der Waals surface area (Å²) >= 11 is 4.77.